The minimum absolute atomic E-state index is 0.487. The highest BCUT2D eigenvalue weighted by Gasteiger charge is 2.16. The lowest BCUT2D eigenvalue weighted by molar-refractivity contribution is 0.122. The molecule has 0 amide bonds. The number of hydrogen-bond acceptors (Lipinski definition) is 7. The van der Waals surface area contributed by atoms with E-state index in [9.17, 15) is 0 Å². The predicted molar refractivity (Wildman–Crippen MR) is 115 cm³/mol. The monoisotopic (exact) mass is 405 g/mol. The Morgan fingerprint density at radius 2 is 2.03 bits per heavy atom. The summed E-state index contributed by atoms with van der Waals surface area (Å²) in [5, 5.41) is 8.53. The highest BCUT2D eigenvalue weighted by atomic mass is 16.5. The molecule has 1 saturated heterocycles. The summed E-state index contributed by atoms with van der Waals surface area (Å²) in [4.78, 5) is 14.9. The van der Waals surface area contributed by atoms with Gasteiger partial charge in [0, 0.05) is 55.2 Å². The molecule has 30 heavy (non-hydrogen) atoms. The van der Waals surface area contributed by atoms with E-state index in [4.69, 9.17) is 14.5 Å². The number of methoxy groups -OCH3 is 1. The molecule has 0 unspecified atom stereocenters. The van der Waals surface area contributed by atoms with E-state index >= 15 is 0 Å². The van der Waals surface area contributed by atoms with Crippen molar-refractivity contribution >= 4 is 28.4 Å². The Morgan fingerprint density at radius 1 is 1.17 bits per heavy atom. The molecule has 154 valence electrons. The van der Waals surface area contributed by atoms with Crippen LogP contribution in [0.25, 0.3) is 22.3 Å². The van der Waals surface area contributed by atoms with Gasteiger partial charge in [-0.05, 0) is 18.2 Å². The summed E-state index contributed by atoms with van der Waals surface area (Å²) in [6.07, 6.45) is 5.60. The maximum atomic E-state index is 5.64. The van der Waals surface area contributed by atoms with E-state index in [-0.39, 0.29) is 0 Å². The number of H-pyrrole nitrogens is 1. The number of ether oxygens (including phenoxy) is 2. The summed E-state index contributed by atoms with van der Waals surface area (Å²) in [7, 11) is 3.55. The van der Waals surface area contributed by atoms with Crippen LogP contribution in [0, 0.1) is 0 Å². The SMILES string of the molecule is COc1cc(N2CCOCC2)ccc1Nc1nc(-c2cnn(C)c2)c2cc[nH]c2n1. The number of morpholine rings is 1. The first-order valence-electron chi connectivity index (χ1n) is 9.83. The maximum Gasteiger partial charge on any atom is 0.229 e. The topological polar surface area (TPSA) is 93.1 Å². The number of rotatable bonds is 5. The van der Waals surface area contributed by atoms with Crippen molar-refractivity contribution in [3.8, 4) is 17.0 Å². The van der Waals surface area contributed by atoms with E-state index in [2.05, 4.69) is 31.3 Å². The van der Waals surface area contributed by atoms with Crippen LogP contribution in [0.1, 0.15) is 0 Å². The van der Waals surface area contributed by atoms with Crippen molar-refractivity contribution < 1.29 is 9.47 Å². The van der Waals surface area contributed by atoms with Gasteiger partial charge in [-0.25, -0.2) is 4.98 Å². The Morgan fingerprint density at radius 3 is 2.80 bits per heavy atom. The maximum absolute atomic E-state index is 5.64. The third-order valence-corrected chi connectivity index (χ3v) is 5.20. The molecule has 3 aromatic heterocycles. The van der Waals surface area contributed by atoms with Crippen molar-refractivity contribution in [3.63, 3.8) is 0 Å². The van der Waals surface area contributed by atoms with Gasteiger partial charge in [-0.3, -0.25) is 4.68 Å². The minimum atomic E-state index is 0.487. The van der Waals surface area contributed by atoms with Crippen LogP contribution in [-0.2, 0) is 11.8 Å². The Balaban J connectivity index is 1.49. The molecule has 4 aromatic rings. The molecule has 0 atom stereocenters. The summed E-state index contributed by atoms with van der Waals surface area (Å²) in [5.74, 6) is 1.22. The molecule has 9 heteroatoms. The summed E-state index contributed by atoms with van der Waals surface area (Å²) >= 11 is 0. The molecule has 1 aliphatic heterocycles. The second-order valence-corrected chi connectivity index (χ2v) is 7.15. The number of nitrogens with zero attached hydrogens (tertiary/aromatic N) is 5. The van der Waals surface area contributed by atoms with Crippen LogP contribution in [-0.4, -0.2) is 58.1 Å². The van der Waals surface area contributed by atoms with Gasteiger partial charge in [0.1, 0.15) is 11.4 Å². The van der Waals surface area contributed by atoms with Crippen molar-refractivity contribution in [2.45, 2.75) is 0 Å². The van der Waals surface area contributed by atoms with Crippen LogP contribution in [0.4, 0.5) is 17.3 Å². The number of fused-ring (bicyclic) bond motifs is 1. The highest BCUT2D eigenvalue weighted by molar-refractivity contribution is 5.91. The molecule has 0 saturated carbocycles. The van der Waals surface area contributed by atoms with Crippen molar-refractivity contribution in [1.82, 2.24) is 24.7 Å². The summed E-state index contributed by atoms with van der Waals surface area (Å²) < 4.78 is 12.9. The largest absolute Gasteiger partial charge is 0.494 e. The van der Waals surface area contributed by atoms with Crippen molar-refractivity contribution in [2.24, 2.45) is 7.05 Å². The van der Waals surface area contributed by atoms with Crippen LogP contribution in [0.5, 0.6) is 5.75 Å². The van der Waals surface area contributed by atoms with E-state index in [0.29, 0.717) is 5.95 Å². The van der Waals surface area contributed by atoms with E-state index in [1.165, 1.54) is 0 Å². The Kier molecular flexibility index (Phi) is 4.72. The van der Waals surface area contributed by atoms with Crippen molar-refractivity contribution in [1.29, 1.82) is 0 Å². The molecule has 1 aliphatic rings. The minimum Gasteiger partial charge on any atom is -0.494 e. The van der Waals surface area contributed by atoms with Gasteiger partial charge < -0.3 is 24.7 Å². The average molecular weight is 405 g/mol. The normalized spacial score (nSPS) is 14.3. The van der Waals surface area contributed by atoms with Gasteiger partial charge in [-0.15, -0.1) is 0 Å². The van der Waals surface area contributed by atoms with Gasteiger partial charge in [0.25, 0.3) is 0 Å². The number of nitrogens with one attached hydrogen (secondary N) is 2. The first kappa shape index (κ1) is 18.4. The Labute approximate surface area is 173 Å². The van der Waals surface area contributed by atoms with Crippen LogP contribution < -0.4 is 15.0 Å². The molecule has 9 nitrogen and oxygen atoms in total. The molecule has 0 aliphatic carbocycles. The van der Waals surface area contributed by atoms with Crippen LogP contribution in [0.2, 0.25) is 0 Å². The van der Waals surface area contributed by atoms with Crippen LogP contribution in [0.3, 0.4) is 0 Å². The van der Waals surface area contributed by atoms with Crippen LogP contribution >= 0.6 is 0 Å². The lowest BCUT2D eigenvalue weighted by Gasteiger charge is -2.29. The van der Waals surface area contributed by atoms with Crippen LogP contribution in [0.15, 0.2) is 42.9 Å². The van der Waals surface area contributed by atoms with E-state index in [0.717, 1.165) is 65.7 Å². The smallest absolute Gasteiger partial charge is 0.229 e. The van der Waals surface area contributed by atoms with Gasteiger partial charge in [-0.1, -0.05) is 0 Å². The fraction of sp³-hybridized carbons (Fsp3) is 0.286. The number of anilines is 3. The molecular formula is C21H23N7O2. The number of aryl methyl sites for hydroxylation is 1. The zero-order valence-electron chi connectivity index (χ0n) is 16.9. The Bertz CT molecular complexity index is 1180. The number of aromatic amines is 1. The molecule has 0 radical (unpaired) electrons. The lowest BCUT2D eigenvalue weighted by Crippen LogP contribution is -2.36. The Hall–Kier alpha value is -3.59. The number of benzene rings is 1. The second-order valence-electron chi connectivity index (χ2n) is 7.15. The zero-order chi connectivity index (χ0) is 20.5. The van der Waals surface area contributed by atoms with Crippen molar-refractivity contribution in [2.75, 3.05) is 43.6 Å². The van der Waals surface area contributed by atoms with Crippen molar-refractivity contribution in [3.05, 3.63) is 42.9 Å². The predicted octanol–water partition coefficient (Wildman–Crippen LogP) is 2.95. The molecular weight excluding hydrogens is 382 g/mol. The summed E-state index contributed by atoms with van der Waals surface area (Å²) in [5.41, 5.74) is 4.42. The molecule has 1 fully saturated rings. The van der Waals surface area contributed by atoms with Gasteiger partial charge in [0.2, 0.25) is 5.95 Å². The first-order valence-corrected chi connectivity index (χ1v) is 9.83. The molecule has 4 heterocycles. The third kappa shape index (κ3) is 3.43. The van der Waals surface area contributed by atoms with Gasteiger partial charge >= 0.3 is 0 Å². The average Bonchev–Trinajstić information content (AvgIpc) is 3.43. The third-order valence-electron chi connectivity index (χ3n) is 5.20. The van der Waals surface area contributed by atoms with E-state index in [1.807, 2.05) is 37.6 Å². The van der Waals surface area contributed by atoms with E-state index < -0.39 is 0 Å². The quantitative estimate of drug-likeness (QED) is 0.527. The lowest BCUT2D eigenvalue weighted by atomic mass is 10.2. The fourth-order valence-corrected chi connectivity index (χ4v) is 3.68. The highest BCUT2D eigenvalue weighted by Crippen LogP contribution is 2.33. The standard InChI is InChI=1S/C21H23N7O2/c1-27-13-14(12-23-27)19-16-5-6-22-20(16)26-21(25-19)24-17-4-3-15(11-18(17)29-2)28-7-9-30-10-8-28/h3-6,11-13H,7-10H2,1-2H3,(H2,22,24,25,26). The summed E-state index contributed by atoms with van der Waals surface area (Å²) in [6.45, 7) is 3.22. The first-order chi connectivity index (χ1) is 14.7. The molecule has 0 bridgehead atoms. The number of aromatic nitrogens is 5. The van der Waals surface area contributed by atoms with Gasteiger partial charge in [0.15, 0.2) is 0 Å². The molecule has 1 aromatic carbocycles. The molecule has 5 rings (SSSR count). The second kappa shape index (κ2) is 7.68. The molecule has 2 N–H and O–H groups in total. The van der Waals surface area contributed by atoms with Gasteiger partial charge in [0.05, 0.1) is 37.9 Å². The summed E-state index contributed by atoms with van der Waals surface area (Å²) in [6, 6.07) is 8.07. The molecule has 0 spiro atoms. The zero-order valence-corrected chi connectivity index (χ0v) is 16.9. The number of hydrogen-bond donors (Lipinski definition) is 2. The fourth-order valence-electron chi connectivity index (χ4n) is 3.68. The van der Waals surface area contributed by atoms with Gasteiger partial charge in [-0.2, -0.15) is 10.1 Å². The van der Waals surface area contributed by atoms with E-state index in [1.54, 1.807) is 18.0 Å².